The molecule has 0 radical (unpaired) electrons. The number of piperazine rings is 1. The summed E-state index contributed by atoms with van der Waals surface area (Å²) in [4.78, 5) is 24.0. The molecule has 1 aliphatic rings. The van der Waals surface area contributed by atoms with Crippen molar-refractivity contribution in [3.63, 3.8) is 0 Å². The third-order valence-corrected chi connectivity index (χ3v) is 4.98. The maximum absolute atomic E-state index is 11.9. The molecule has 1 saturated heterocycles. The van der Waals surface area contributed by atoms with E-state index in [1.54, 1.807) is 4.90 Å². The van der Waals surface area contributed by atoms with E-state index in [1.807, 2.05) is 6.92 Å². The number of H-pyrrole nitrogens is 1. The summed E-state index contributed by atoms with van der Waals surface area (Å²) in [5.74, 6) is 0.935. The maximum Gasteiger partial charge on any atom is 0.409 e. The number of amides is 1. The van der Waals surface area contributed by atoms with Gasteiger partial charge in [0, 0.05) is 56.4 Å². The molecule has 0 bridgehead atoms. The third kappa shape index (κ3) is 4.97. The number of carbonyl (C=O) groups excluding carboxylic acids is 1. The fourth-order valence-electron chi connectivity index (χ4n) is 3.53. The molecule has 7 nitrogen and oxygen atoms in total. The maximum atomic E-state index is 11.9. The number of carbonyl (C=O) groups is 1. The number of benzene rings is 1. The Morgan fingerprint density at radius 2 is 1.93 bits per heavy atom. The zero-order valence-electron chi connectivity index (χ0n) is 16.9. The molecule has 1 aromatic heterocycles. The van der Waals surface area contributed by atoms with Crippen molar-refractivity contribution in [2.24, 2.45) is 4.99 Å². The summed E-state index contributed by atoms with van der Waals surface area (Å²) in [6.45, 7) is 8.81. The first-order chi connectivity index (χ1) is 13.7. The molecule has 2 N–H and O–H groups in total. The molecule has 1 fully saturated rings. The van der Waals surface area contributed by atoms with Crippen LogP contribution in [-0.4, -0.2) is 72.7 Å². The highest BCUT2D eigenvalue weighted by molar-refractivity contribution is 5.83. The minimum Gasteiger partial charge on any atom is -0.450 e. The van der Waals surface area contributed by atoms with Crippen molar-refractivity contribution in [3.05, 3.63) is 36.0 Å². The average molecular weight is 386 g/mol. The van der Waals surface area contributed by atoms with Crippen molar-refractivity contribution < 1.29 is 9.53 Å². The van der Waals surface area contributed by atoms with Crippen LogP contribution < -0.4 is 5.32 Å². The predicted octanol–water partition coefficient (Wildman–Crippen LogP) is 2.84. The highest BCUT2D eigenvalue weighted by Crippen LogP contribution is 2.18. The Morgan fingerprint density at radius 1 is 1.18 bits per heavy atom. The molecule has 1 aliphatic heterocycles. The molecule has 0 unspecified atom stereocenters. The van der Waals surface area contributed by atoms with Crippen LogP contribution >= 0.6 is 0 Å². The quantitative estimate of drug-likeness (QED) is 0.456. The number of aromatic nitrogens is 1. The Bertz CT molecular complexity index is 793. The molecule has 28 heavy (non-hydrogen) atoms. The van der Waals surface area contributed by atoms with Gasteiger partial charge < -0.3 is 24.8 Å². The Balaban J connectivity index is 1.51. The van der Waals surface area contributed by atoms with Gasteiger partial charge in [-0.2, -0.15) is 0 Å². The average Bonchev–Trinajstić information content (AvgIpc) is 3.14. The van der Waals surface area contributed by atoms with Crippen molar-refractivity contribution >= 4 is 23.0 Å². The fraction of sp³-hybridized carbons (Fsp3) is 0.524. The molecule has 0 atom stereocenters. The highest BCUT2D eigenvalue weighted by atomic mass is 16.6. The van der Waals surface area contributed by atoms with Gasteiger partial charge in [0.05, 0.1) is 6.61 Å². The Labute approximate surface area is 166 Å². The lowest BCUT2D eigenvalue weighted by atomic mass is 10.1. The number of ether oxygens (including phenoxy) is 1. The van der Waals surface area contributed by atoms with Crippen LogP contribution in [0.1, 0.15) is 25.8 Å². The van der Waals surface area contributed by atoms with Gasteiger partial charge >= 0.3 is 6.09 Å². The van der Waals surface area contributed by atoms with Gasteiger partial charge in [0.15, 0.2) is 5.96 Å². The van der Waals surface area contributed by atoms with Gasteiger partial charge in [-0.1, -0.05) is 18.2 Å². The summed E-state index contributed by atoms with van der Waals surface area (Å²) in [6.07, 6.45) is 3.89. The van der Waals surface area contributed by atoms with Gasteiger partial charge in [-0.25, -0.2) is 4.79 Å². The third-order valence-electron chi connectivity index (χ3n) is 4.98. The monoisotopic (exact) mass is 385 g/mol. The lowest BCUT2D eigenvalue weighted by Gasteiger charge is -2.35. The Kier molecular flexibility index (Phi) is 7.17. The number of hydrogen-bond donors (Lipinski definition) is 2. The van der Waals surface area contributed by atoms with E-state index in [1.165, 1.54) is 16.5 Å². The number of aliphatic imine (C=N–C) groups is 1. The SMILES string of the molecule is CCNC(=NCCCc1c[nH]c2ccccc12)N1CCN(C(=O)OCC)CC1. The first-order valence-corrected chi connectivity index (χ1v) is 10.2. The summed E-state index contributed by atoms with van der Waals surface area (Å²) in [5, 5.41) is 4.68. The number of rotatable bonds is 6. The number of hydrogen-bond acceptors (Lipinski definition) is 3. The minimum atomic E-state index is -0.220. The van der Waals surface area contributed by atoms with E-state index < -0.39 is 0 Å². The van der Waals surface area contributed by atoms with Crippen LogP contribution in [0.15, 0.2) is 35.5 Å². The summed E-state index contributed by atoms with van der Waals surface area (Å²) < 4.78 is 5.09. The van der Waals surface area contributed by atoms with Crippen LogP contribution in [0.3, 0.4) is 0 Å². The van der Waals surface area contributed by atoms with Crippen LogP contribution in [0.4, 0.5) is 4.79 Å². The predicted molar refractivity (Wildman–Crippen MR) is 113 cm³/mol. The van der Waals surface area contributed by atoms with Crippen molar-refractivity contribution in [2.45, 2.75) is 26.7 Å². The molecule has 152 valence electrons. The van der Waals surface area contributed by atoms with E-state index >= 15 is 0 Å². The normalized spacial score (nSPS) is 15.1. The summed E-state index contributed by atoms with van der Waals surface area (Å²) in [6, 6.07) is 8.40. The molecular weight excluding hydrogens is 354 g/mol. The summed E-state index contributed by atoms with van der Waals surface area (Å²) >= 11 is 0. The van der Waals surface area contributed by atoms with E-state index in [2.05, 4.69) is 52.6 Å². The summed E-state index contributed by atoms with van der Waals surface area (Å²) in [5.41, 5.74) is 2.53. The van der Waals surface area contributed by atoms with Crippen LogP contribution in [0.2, 0.25) is 0 Å². The number of aryl methyl sites for hydroxylation is 1. The summed E-state index contributed by atoms with van der Waals surface area (Å²) in [7, 11) is 0. The number of fused-ring (bicyclic) bond motifs is 1. The van der Waals surface area contributed by atoms with E-state index in [4.69, 9.17) is 9.73 Å². The van der Waals surface area contributed by atoms with Gasteiger partial charge in [-0.3, -0.25) is 4.99 Å². The molecule has 1 aromatic carbocycles. The second kappa shape index (κ2) is 10.0. The molecule has 0 spiro atoms. The van der Waals surface area contributed by atoms with Crippen LogP contribution in [-0.2, 0) is 11.2 Å². The van der Waals surface area contributed by atoms with Gasteiger partial charge in [-0.15, -0.1) is 0 Å². The number of aromatic amines is 1. The first-order valence-electron chi connectivity index (χ1n) is 10.2. The molecule has 7 heteroatoms. The molecule has 1 amide bonds. The zero-order chi connectivity index (χ0) is 19.8. The molecule has 0 saturated carbocycles. The van der Waals surface area contributed by atoms with Crippen molar-refractivity contribution in [1.82, 2.24) is 20.1 Å². The second-order valence-electron chi connectivity index (χ2n) is 6.87. The van der Waals surface area contributed by atoms with Crippen molar-refractivity contribution in [2.75, 3.05) is 45.9 Å². The van der Waals surface area contributed by atoms with Crippen LogP contribution in [0.5, 0.6) is 0 Å². The number of nitrogens with one attached hydrogen (secondary N) is 2. The molecular formula is C21H31N5O2. The number of para-hydroxylation sites is 1. The Morgan fingerprint density at radius 3 is 2.68 bits per heavy atom. The number of nitrogens with zero attached hydrogens (tertiary/aromatic N) is 3. The van der Waals surface area contributed by atoms with Gasteiger partial charge in [-0.05, 0) is 38.3 Å². The van der Waals surface area contributed by atoms with Crippen LogP contribution in [0, 0.1) is 0 Å². The van der Waals surface area contributed by atoms with E-state index in [0.29, 0.717) is 19.7 Å². The molecule has 2 heterocycles. The first kappa shape index (κ1) is 20.0. The minimum absolute atomic E-state index is 0.220. The largest absolute Gasteiger partial charge is 0.450 e. The lowest BCUT2D eigenvalue weighted by molar-refractivity contribution is 0.0914. The smallest absolute Gasteiger partial charge is 0.409 e. The van der Waals surface area contributed by atoms with E-state index in [-0.39, 0.29) is 6.09 Å². The molecule has 3 rings (SSSR count). The van der Waals surface area contributed by atoms with Gasteiger partial charge in [0.2, 0.25) is 0 Å². The molecule has 2 aromatic rings. The van der Waals surface area contributed by atoms with Gasteiger partial charge in [0.1, 0.15) is 0 Å². The fourth-order valence-corrected chi connectivity index (χ4v) is 3.53. The van der Waals surface area contributed by atoms with Crippen LogP contribution in [0.25, 0.3) is 10.9 Å². The molecule has 0 aliphatic carbocycles. The topological polar surface area (TPSA) is 73.0 Å². The number of guanidine groups is 1. The van der Waals surface area contributed by atoms with E-state index in [9.17, 15) is 4.79 Å². The second-order valence-corrected chi connectivity index (χ2v) is 6.87. The zero-order valence-corrected chi connectivity index (χ0v) is 16.9. The van der Waals surface area contributed by atoms with E-state index in [0.717, 1.165) is 45.0 Å². The lowest BCUT2D eigenvalue weighted by Crippen LogP contribution is -2.53. The highest BCUT2D eigenvalue weighted by Gasteiger charge is 2.23. The van der Waals surface area contributed by atoms with Crippen molar-refractivity contribution in [3.8, 4) is 0 Å². The van der Waals surface area contributed by atoms with Crippen molar-refractivity contribution in [1.29, 1.82) is 0 Å². The standard InChI is InChI=1S/C21H31N5O2/c1-3-22-20(25-12-14-26(15-13-25)21(27)28-4-2)23-11-7-8-17-16-24-19-10-6-5-9-18(17)19/h5-6,9-10,16,24H,3-4,7-8,11-15H2,1-2H3,(H,22,23). The van der Waals surface area contributed by atoms with Gasteiger partial charge in [0.25, 0.3) is 0 Å². The Hall–Kier alpha value is -2.70.